The molecule has 0 saturated carbocycles. The lowest BCUT2D eigenvalue weighted by atomic mass is 10.3. The highest BCUT2D eigenvalue weighted by Crippen LogP contribution is 2.12. The molecule has 1 heterocycles. The molecule has 5 heteroatoms. The van der Waals surface area contributed by atoms with Crippen molar-refractivity contribution >= 4 is 5.97 Å². The van der Waals surface area contributed by atoms with Crippen molar-refractivity contribution in [3.8, 4) is 0 Å². The molecule has 0 aromatic heterocycles. The van der Waals surface area contributed by atoms with E-state index in [0.717, 1.165) is 19.5 Å². The van der Waals surface area contributed by atoms with Gasteiger partial charge >= 0.3 is 5.97 Å². The Labute approximate surface area is 90.7 Å². The average Bonchev–Trinajstić information content (AvgIpc) is 2.72. The van der Waals surface area contributed by atoms with Gasteiger partial charge < -0.3 is 14.8 Å². The topological polar surface area (TPSA) is 50.8 Å². The number of nitrogens with zero attached hydrogens (tertiary/aromatic N) is 1. The van der Waals surface area contributed by atoms with Gasteiger partial charge in [-0.25, -0.2) is 0 Å². The second-order valence-electron chi connectivity index (χ2n) is 3.77. The third kappa shape index (κ3) is 3.44. The van der Waals surface area contributed by atoms with Crippen LogP contribution in [0.2, 0.25) is 0 Å². The molecule has 1 N–H and O–H groups in total. The fourth-order valence-electron chi connectivity index (χ4n) is 1.84. The van der Waals surface area contributed by atoms with Crippen LogP contribution in [0.15, 0.2) is 0 Å². The first-order valence-electron chi connectivity index (χ1n) is 5.21. The fraction of sp³-hybridized carbons (Fsp3) is 0.900. The van der Waals surface area contributed by atoms with E-state index in [4.69, 9.17) is 9.47 Å². The van der Waals surface area contributed by atoms with Crippen molar-refractivity contribution in [1.82, 2.24) is 10.2 Å². The molecule has 0 bridgehead atoms. The standard InChI is InChI=1S/C10H20N2O3/c1-11-9(10(13)15-3)7-12-5-4-8(6-12)14-2/h8-9,11H,4-7H2,1-3H3. The molecule has 0 amide bonds. The van der Waals surface area contributed by atoms with Crippen LogP contribution in [0.3, 0.4) is 0 Å². The molecule has 0 aliphatic carbocycles. The van der Waals surface area contributed by atoms with Gasteiger partial charge in [0.15, 0.2) is 0 Å². The molecular weight excluding hydrogens is 196 g/mol. The second-order valence-corrected chi connectivity index (χ2v) is 3.77. The van der Waals surface area contributed by atoms with E-state index in [0.29, 0.717) is 12.6 Å². The highest BCUT2D eigenvalue weighted by atomic mass is 16.5. The first-order chi connectivity index (χ1) is 7.21. The predicted octanol–water partition coefficient (Wildman–Crippen LogP) is -0.532. The van der Waals surface area contributed by atoms with Crippen molar-refractivity contribution < 1.29 is 14.3 Å². The summed E-state index contributed by atoms with van der Waals surface area (Å²) in [5.41, 5.74) is 0. The normalized spacial score (nSPS) is 24.1. The Morgan fingerprint density at radius 2 is 2.33 bits per heavy atom. The van der Waals surface area contributed by atoms with E-state index in [1.807, 2.05) is 0 Å². The Bertz CT molecular complexity index is 211. The third-order valence-electron chi connectivity index (χ3n) is 2.84. The maximum absolute atomic E-state index is 11.3. The summed E-state index contributed by atoms with van der Waals surface area (Å²) in [5.74, 6) is -0.210. The van der Waals surface area contributed by atoms with E-state index in [2.05, 4.69) is 10.2 Å². The van der Waals surface area contributed by atoms with Gasteiger partial charge in [-0.05, 0) is 13.5 Å². The number of ether oxygens (including phenoxy) is 2. The van der Waals surface area contributed by atoms with Crippen LogP contribution in [0.4, 0.5) is 0 Å². The van der Waals surface area contributed by atoms with Crippen molar-refractivity contribution in [2.45, 2.75) is 18.6 Å². The summed E-state index contributed by atoms with van der Waals surface area (Å²) in [6, 6.07) is -0.245. The highest BCUT2D eigenvalue weighted by Gasteiger charge is 2.26. The number of nitrogens with one attached hydrogen (secondary N) is 1. The van der Waals surface area contributed by atoms with Crippen LogP contribution in [0.25, 0.3) is 0 Å². The zero-order valence-corrected chi connectivity index (χ0v) is 9.66. The van der Waals surface area contributed by atoms with Gasteiger partial charge in [0, 0.05) is 26.7 Å². The molecule has 0 radical (unpaired) electrons. The van der Waals surface area contributed by atoms with Crippen molar-refractivity contribution in [3.63, 3.8) is 0 Å². The molecule has 2 unspecified atom stereocenters. The van der Waals surface area contributed by atoms with E-state index in [-0.39, 0.29) is 12.0 Å². The lowest BCUT2D eigenvalue weighted by Crippen LogP contribution is -2.44. The van der Waals surface area contributed by atoms with Crippen LogP contribution >= 0.6 is 0 Å². The third-order valence-corrected chi connectivity index (χ3v) is 2.84. The van der Waals surface area contributed by atoms with Crippen molar-refractivity contribution in [2.75, 3.05) is 40.9 Å². The monoisotopic (exact) mass is 216 g/mol. The molecule has 15 heavy (non-hydrogen) atoms. The number of carbonyl (C=O) groups excluding carboxylic acids is 1. The lowest BCUT2D eigenvalue weighted by molar-refractivity contribution is -0.143. The van der Waals surface area contributed by atoms with Crippen LogP contribution < -0.4 is 5.32 Å². The smallest absolute Gasteiger partial charge is 0.324 e. The van der Waals surface area contributed by atoms with Gasteiger partial charge in [-0.3, -0.25) is 9.69 Å². The van der Waals surface area contributed by atoms with E-state index in [1.165, 1.54) is 7.11 Å². The fourth-order valence-corrected chi connectivity index (χ4v) is 1.84. The molecule has 0 spiro atoms. The van der Waals surface area contributed by atoms with Crippen LogP contribution in [0.5, 0.6) is 0 Å². The van der Waals surface area contributed by atoms with E-state index < -0.39 is 0 Å². The number of methoxy groups -OCH3 is 2. The van der Waals surface area contributed by atoms with Gasteiger partial charge in [0.25, 0.3) is 0 Å². The van der Waals surface area contributed by atoms with Crippen LogP contribution in [0.1, 0.15) is 6.42 Å². The summed E-state index contributed by atoms with van der Waals surface area (Å²) in [6.45, 7) is 2.56. The zero-order chi connectivity index (χ0) is 11.3. The first kappa shape index (κ1) is 12.4. The van der Waals surface area contributed by atoms with Crippen LogP contribution in [0, 0.1) is 0 Å². The van der Waals surface area contributed by atoms with Crippen LogP contribution in [-0.2, 0) is 14.3 Å². The first-order valence-corrected chi connectivity index (χ1v) is 5.21. The molecule has 5 nitrogen and oxygen atoms in total. The Morgan fingerprint density at radius 3 is 2.80 bits per heavy atom. The number of hydrogen-bond donors (Lipinski definition) is 1. The molecule has 1 aliphatic rings. The SMILES string of the molecule is CNC(CN1CCC(OC)C1)C(=O)OC. The molecular formula is C10H20N2O3. The number of carbonyl (C=O) groups is 1. The number of esters is 1. The van der Waals surface area contributed by atoms with E-state index >= 15 is 0 Å². The zero-order valence-electron chi connectivity index (χ0n) is 9.66. The molecule has 88 valence electrons. The van der Waals surface area contributed by atoms with Gasteiger partial charge in [-0.1, -0.05) is 0 Å². The molecule has 2 atom stereocenters. The minimum absolute atomic E-state index is 0.210. The van der Waals surface area contributed by atoms with Gasteiger partial charge in [0.2, 0.25) is 0 Å². The maximum atomic E-state index is 11.3. The van der Waals surface area contributed by atoms with Gasteiger partial charge in [-0.15, -0.1) is 0 Å². The van der Waals surface area contributed by atoms with Crippen molar-refractivity contribution in [2.24, 2.45) is 0 Å². The van der Waals surface area contributed by atoms with Gasteiger partial charge in [0.05, 0.1) is 13.2 Å². The quantitative estimate of drug-likeness (QED) is 0.626. The van der Waals surface area contributed by atoms with Gasteiger partial charge in [0.1, 0.15) is 6.04 Å². The van der Waals surface area contributed by atoms with Crippen molar-refractivity contribution in [1.29, 1.82) is 0 Å². The van der Waals surface area contributed by atoms with Crippen LogP contribution in [-0.4, -0.2) is 63.9 Å². The summed E-state index contributed by atoms with van der Waals surface area (Å²) in [6.07, 6.45) is 1.34. The highest BCUT2D eigenvalue weighted by molar-refractivity contribution is 5.75. The predicted molar refractivity (Wildman–Crippen MR) is 56.7 cm³/mol. The average molecular weight is 216 g/mol. The summed E-state index contributed by atoms with van der Waals surface area (Å²) in [7, 11) is 4.91. The lowest BCUT2D eigenvalue weighted by Gasteiger charge is -2.21. The Kier molecular flexibility index (Phi) is 5.01. The summed E-state index contributed by atoms with van der Waals surface area (Å²) in [5, 5.41) is 2.96. The molecule has 1 rings (SSSR count). The Morgan fingerprint density at radius 1 is 1.60 bits per heavy atom. The molecule has 1 aliphatic heterocycles. The van der Waals surface area contributed by atoms with Gasteiger partial charge in [-0.2, -0.15) is 0 Å². The molecule has 0 aromatic rings. The number of rotatable bonds is 5. The minimum Gasteiger partial charge on any atom is -0.468 e. The number of likely N-dealkylation sites (N-methyl/N-ethyl adjacent to an activating group) is 1. The molecule has 1 fully saturated rings. The summed E-state index contributed by atoms with van der Waals surface area (Å²) in [4.78, 5) is 13.6. The largest absolute Gasteiger partial charge is 0.468 e. The second kappa shape index (κ2) is 6.05. The Balaban J connectivity index is 2.36. The summed E-state index contributed by atoms with van der Waals surface area (Å²) < 4.78 is 9.97. The van der Waals surface area contributed by atoms with Crippen molar-refractivity contribution in [3.05, 3.63) is 0 Å². The molecule has 0 aromatic carbocycles. The van der Waals surface area contributed by atoms with E-state index in [9.17, 15) is 4.79 Å². The maximum Gasteiger partial charge on any atom is 0.324 e. The molecule has 1 saturated heterocycles. The number of hydrogen-bond acceptors (Lipinski definition) is 5. The minimum atomic E-state index is -0.245. The summed E-state index contributed by atoms with van der Waals surface area (Å²) >= 11 is 0. The Hall–Kier alpha value is -0.650. The number of likely N-dealkylation sites (tertiary alicyclic amines) is 1. The van der Waals surface area contributed by atoms with E-state index in [1.54, 1.807) is 14.2 Å².